The van der Waals surface area contributed by atoms with Crippen molar-refractivity contribution in [2.24, 2.45) is 11.7 Å². The predicted octanol–water partition coefficient (Wildman–Crippen LogP) is 1.69. The van der Waals surface area contributed by atoms with E-state index in [-0.39, 0.29) is 18.2 Å². The van der Waals surface area contributed by atoms with Gasteiger partial charge in [0, 0.05) is 19.5 Å². The van der Waals surface area contributed by atoms with Crippen LogP contribution in [0.25, 0.3) is 0 Å². The SMILES string of the molecule is Cc1ccc(CN2CC(C(=O)NC(C(N)=O)c3ccccc3)CC2=O)cc1. The normalized spacial score (nSPS) is 17.6. The fourth-order valence-electron chi connectivity index (χ4n) is 3.24. The highest BCUT2D eigenvalue weighted by Gasteiger charge is 2.35. The molecule has 1 fully saturated rings. The number of likely N-dealkylation sites (tertiary alicyclic amines) is 1. The Labute approximate surface area is 158 Å². The average molecular weight is 365 g/mol. The molecule has 1 heterocycles. The van der Waals surface area contributed by atoms with E-state index in [9.17, 15) is 14.4 Å². The van der Waals surface area contributed by atoms with Gasteiger partial charge in [0.05, 0.1) is 5.92 Å². The van der Waals surface area contributed by atoms with Gasteiger partial charge in [-0.1, -0.05) is 60.2 Å². The van der Waals surface area contributed by atoms with E-state index >= 15 is 0 Å². The smallest absolute Gasteiger partial charge is 0.244 e. The highest BCUT2D eigenvalue weighted by atomic mass is 16.2. The third-order valence-electron chi connectivity index (χ3n) is 4.78. The van der Waals surface area contributed by atoms with Gasteiger partial charge in [-0.15, -0.1) is 0 Å². The Morgan fingerprint density at radius 3 is 2.44 bits per heavy atom. The molecule has 140 valence electrons. The maximum Gasteiger partial charge on any atom is 0.244 e. The summed E-state index contributed by atoms with van der Waals surface area (Å²) in [6.45, 7) is 2.81. The van der Waals surface area contributed by atoms with Crippen LogP contribution in [0.3, 0.4) is 0 Å². The molecule has 6 nitrogen and oxygen atoms in total. The summed E-state index contributed by atoms with van der Waals surface area (Å²) in [6, 6.07) is 15.9. The lowest BCUT2D eigenvalue weighted by Crippen LogP contribution is -2.41. The van der Waals surface area contributed by atoms with Crippen molar-refractivity contribution in [3.05, 3.63) is 71.3 Å². The van der Waals surface area contributed by atoms with Crippen molar-refractivity contribution in [2.45, 2.75) is 25.9 Å². The summed E-state index contributed by atoms with van der Waals surface area (Å²) in [7, 11) is 0. The molecule has 1 saturated heterocycles. The first-order chi connectivity index (χ1) is 12.9. The minimum absolute atomic E-state index is 0.0638. The number of carbonyl (C=O) groups is 3. The number of nitrogens with one attached hydrogen (secondary N) is 1. The first kappa shape index (κ1) is 18.6. The van der Waals surface area contributed by atoms with E-state index in [1.165, 1.54) is 0 Å². The van der Waals surface area contributed by atoms with Gasteiger partial charge in [0.15, 0.2) is 0 Å². The molecule has 0 saturated carbocycles. The third-order valence-corrected chi connectivity index (χ3v) is 4.78. The monoisotopic (exact) mass is 365 g/mol. The number of aryl methyl sites for hydroxylation is 1. The average Bonchev–Trinajstić information content (AvgIpc) is 3.02. The van der Waals surface area contributed by atoms with Crippen LogP contribution in [0.5, 0.6) is 0 Å². The van der Waals surface area contributed by atoms with Crippen LogP contribution >= 0.6 is 0 Å². The second kappa shape index (κ2) is 8.03. The number of nitrogens with zero attached hydrogens (tertiary/aromatic N) is 1. The molecule has 0 radical (unpaired) electrons. The lowest BCUT2D eigenvalue weighted by Gasteiger charge is -2.19. The molecular weight excluding hydrogens is 342 g/mol. The van der Waals surface area contributed by atoms with Crippen LogP contribution in [0, 0.1) is 12.8 Å². The standard InChI is InChI=1S/C21H23N3O3/c1-14-7-9-15(10-8-14)12-24-13-17(11-18(24)25)21(27)23-19(20(22)26)16-5-3-2-4-6-16/h2-10,17,19H,11-13H2,1H3,(H2,22,26)(H,23,27). The fraction of sp³-hybridized carbons (Fsp3) is 0.286. The molecule has 2 unspecified atom stereocenters. The van der Waals surface area contributed by atoms with E-state index in [1.54, 1.807) is 29.2 Å². The van der Waals surface area contributed by atoms with Crippen LogP contribution in [0.4, 0.5) is 0 Å². The summed E-state index contributed by atoms with van der Waals surface area (Å²) in [5, 5.41) is 2.69. The molecule has 3 N–H and O–H groups in total. The van der Waals surface area contributed by atoms with Crippen LogP contribution in [0.15, 0.2) is 54.6 Å². The van der Waals surface area contributed by atoms with E-state index in [2.05, 4.69) is 5.32 Å². The molecule has 3 rings (SSSR count). The molecule has 27 heavy (non-hydrogen) atoms. The highest BCUT2D eigenvalue weighted by Crippen LogP contribution is 2.22. The van der Waals surface area contributed by atoms with Gasteiger partial charge >= 0.3 is 0 Å². The summed E-state index contributed by atoms with van der Waals surface area (Å²) in [4.78, 5) is 38.4. The maximum atomic E-state index is 12.6. The Balaban J connectivity index is 1.64. The maximum absolute atomic E-state index is 12.6. The quantitative estimate of drug-likeness (QED) is 0.816. The minimum atomic E-state index is -0.903. The number of hydrogen-bond donors (Lipinski definition) is 2. The van der Waals surface area contributed by atoms with E-state index in [1.807, 2.05) is 37.3 Å². The first-order valence-electron chi connectivity index (χ1n) is 8.92. The van der Waals surface area contributed by atoms with Crippen molar-refractivity contribution in [3.8, 4) is 0 Å². The Bertz CT molecular complexity index is 834. The predicted molar refractivity (Wildman–Crippen MR) is 101 cm³/mol. The van der Waals surface area contributed by atoms with Crippen LogP contribution in [-0.2, 0) is 20.9 Å². The second-order valence-corrected chi connectivity index (χ2v) is 6.92. The van der Waals surface area contributed by atoms with Crippen molar-refractivity contribution >= 4 is 17.7 Å². The molecule has 0 bridgehead atoms. The Morgan fingerprint density at radius 1 is 1.15 bits per heavy atom. The summed E-state index contributed by atoms with van der Waals surface area (Å²) < 4.78 is 0. The number of amides is 3. The zero-order chi connectivity index (χ0) is 19.4. The van der Waals surface area contributed by atoms with Crippen LogP contribution < -0.4 is 11.1 Å². The van der Waals surface area contributed by atoms with Gasteiger partial charge in [-0.3, -0.25) is 14.4 Å². The second-order valence-electron chi connectivity index (χ2n) is 6.92. The molecule has 0 aromatic heterocycles. The number of hydrogen-bond acceptors (Lipinski definition) is 3. The lowest BCUT2D eigenvalue weighted by molar-refractivity contribution is -0.130. The molecule has 1 aliphatic rings. The highest BCUT2D eigenvalue weighted by molar-refractivity contribution is 5.92. The molecule has 2 aromatic rings. The molecule has 0 aliphatic carbocycles. The largest absolute Gasteiger partial charge is 0.368 e. The number of nitrogens with two attached hydrogens (primary N) is 1. The fourth-order valence-corrected chi connectivity index (χ4v) is 3.24. The third kappa shape index (κ3) is 4.53. The number of benzene rings is 2. The number of carbonyl (C=O) groups excluding carboxylic acids is 3. The summed E-state index contributed by atoms with van der Waals surface area (Å²) in [5.41, 5.74) is 8.26. The Morgan fingerprint density at radius 2 is 1.81 bits per heavy atom. The van der Waals surface area contributed by atoms with Crippen LogP contribution in [0.1, 0.15) is 29.2 Å². The van der Waals surface area contributed by atoms with Gasteiger partial charge in [-0.05, 0) is 18.1 Å². The first-order valence-corrected chi connectivity index (χ1v) is 8.92. The number of rotatable bonds is 6. The van der Waals surface area contributed by atoms with Gasteiger partial charge in [0.1, 0.15) is 6.04 Å². The van der Waals surface area contributed by atoms with Crippen LogP contribution in [-0.4, -0.2) is 29.2 Å². The molecule has 2 atom stereocenters. The summed E-state index contributed by atoms with van der Waals surface area (Å²) in [5.74, 6) is -1.52. The van der Waals surface area contributed by atoms with Gasteiger partial charge < -0.3 is 16.0 Å². The summed E-state index contributed by atoms with van der Waals surface area (Å²) in [6.07, 6.45) is 0.137. The minimum Gasteiger partial charge on any atom is -0.368 e. The number of primary amides is 1. The lowest BCUT2D eigenvalue weighted by atomic mass is 10.0. The molecular formula is C21H23N3O3. The van der Waals surface area contributed by atoms with Crippen molar-refractivity contribution in [1.82, 2.24) is 10.2 Å². The van der Waals surface area contributed by atoms with E-state index < -0.39 is 17.9 Å². The molecule has 2 aromatic carbocycles. The van der Waals surface area contributed by atoms with Gasteiger partial charge in [-0.25, -0.2) is 0 Å². The van der Waals surface area contributed by atoms with Crippen LogP contribution in [0.2, 0.25) is 0 Å². The van der Waals surface area contributed by atoms with Crippen molar-refractivity contribution < 1.29 is 14.4 Å². The van der Waals surface area contributed by atoms with E-state index in [0.717, 1.165) is 11.1 Å². The van der Waals surface area contributed by atoms with Crippen molar-refractivity contribution in [1.29, 1.82) is 0 Å². The molecule has 0 spiro atoms. The Kier molecular flexibility index (Phi) is 5.54. The summed E-state index contributed by atoms with van der Waals surface area (Å²) >= 11 is 0. The van der Waals surface area contributed by atoms with E-state index in [4.69, 9.17) is 5.73 Å². The molecule has 3 amide bonds. The zero-order valence-electron chi connectivity index (χ0n) is 15.2. The van der Waals surface area contributed by atoms with E-state index in [0.29, 0.717) is 18.7 Å². The topological polar surface area (TPSA) is 92.5 Å². The van der Waals surface area contributed by atoms with Gasteiger partial charge in [0.2, 0.25) is 17.7 Å². The van der Waals surface area contributed by atoms with Gasteiger partial charge in [-0.2, -0.15) is 0 Å². The van der Waals surface area contributed by atoms with Crippen molar-refractivity contribution in [2.75, 3.05) is 6.54 Å². The van der Waals surface area contributed by atoms with Crippen molar-refractivity contribution in [3.63, 3.8) is 0 Å². The van der Waals surface area contributed by atoms with Gasteiger partial charge in [0.25, 0.3) is 0 Å². The Hall–Kier alpha value is -3.15. The molecule has 1 aliphatic heterocycles. The zero-order valence-corrected chi connectivity index (χ0v) is 15.2. The molecule has 6 heteroatoms.